The Morgan fingerprint density at radius 2 is 2.06 bits per heavy atom. The highest BCUT2D eigenvalue weighted by Gasteiger charge is 2.17. The number of nitrogens with one attached hydrogen (secondary N) is 1. The Morgan fingerprint density at radius 3 is 2.75 bits per heavy atom. The SMILES string of the molecule is O=C(CN1CCCCC1)NC[C@@H]1CCCO1. The molecule has 2 heterocycles. The minimum Gasteiger partial charge on any atom is -0.376 e. The number of carbonyl (C=O) groups excluding carboxylic acids is 1. The second kappa shape index (κ2) is 6.21. The van der Waals surface area contributed by atoms with Gasteiger partial charge in [-0.2, -0.15) is 0 Å². The first-order valence-electron chi connectivity index (χ1n) is 6.45. The first-order valence-corrected chi connectivity index (χ1v) is 6.45. The Bertz CT molecular complexity index is 221. The third kappa shape index (κ3) is 3.76. The zero-order valence-electron chi connectivity index (χ0n) is 9.91. The average molecular weight is 226 g/mol. The smallest absolute Gasteiger partial charge is 0.234 e. The van der Waals surface area contributed by atoms with Crippen molar-refractivity contribution in [2.75, 3.05) is 32.8 Å². The lowest BCUT2D eigenvalue weighted by Gasteiger charge is -2.25. The summed E-state index contributed by atoms with van der Waals surface area (Å²) in [6, 6.07) is 0. The minimum absolute atomic E-state index is 0.150. The van der Waals surface area contributed by atoms with Crippen LogP contribution >= 0.6 is 0 Å². The number of hydrogen-bond donors (Lipinski definition) is 1. The summed E-state index contributed by atoms with van der Waals surface area (Å²) >= 11 is 0. The molecule has 0 saturated carbocycles. The standard InChI is InChI=1S/C12H22N2O2/c15-12(10-14-6-2-1-3-7-14)13-9-11-5-4-8-16-11/h11H,1-10H2,(H,13,15)/t11-/m0/s1. The van der Waals surface area contributed by atoms with E-state index in [1.165, 1.54) is 19.3 Å². The second-order valence-corrected chi connectivity index (χ2v) is 4.78. The van der Waals surface area contributed by atoms with Crippen LogP contribution < -0.4 is 5.32 Å². The molecule has 2 saturated heterocycles. The Labute approximate surface area is 97.3 Å². The molecule has 1 atom stereocenters. The monoisotopic (exact) mass is 226 g/mol. The summed E-state index contributed by atoms with van der Waals surface area (Å²) in [5, 5.41) is 2.97. The topological polar surface area (TPSA) is 41.6 Å². The third-order valence-corrected chi connectivity index (χ3v) is 3.37. The van der Waals surface area contributed by atoms with Crippen molar-refractivity contribution in [3.8, 4) is 0 Å². The highest BCUT2D eigenvalue weighted by Crippen LogP contribution is 2.11. The fraction of sp³-hybridized carbons (Fsp3) is 0.917. The van der Waals surface area contributed by atoms with Gasteiger partial charge in [-0.05, 0) is 38.8 Å². The number of hydrogen-bond acceptors (Lipinski definition) is 3. The van der Waals surface area contributed by atoms with E-state index in [4.69, 9.17) is 4.74 Å². The number of nitrogens with zero attached hydrogens (tertiary/aromatic N) is 1. The molecule has 0 spiro atoms. The van der Waals surface area contributed by atoms with Crippen LogP contribution in [-0.2, 0) is 9.53 Å². The second-order valence-electron chi connectivity index (χ2n) is 4.78. The van der Waals surface area contributed by atoms with Gasteiger partial charge in [-0.15, -0.1) is 0 Å². The number of amides is 1. The van der Waals surface area contributed by atoms with E-state index < -0.39 is 0 Å². The third-order valence-electron chi connectivity index (χ3n) is 3.37. The van der Waals surface area contributed by atoms with Crippen LogP contribution in [0.4, 0.5) is 0 Å². The van der Waals surface area contributed by atoms with Gasteiger partial charge in [0.2, 0.25) is 5.91 Å². The van der Waals surface area contributed by atoms with Crippen molar-refractivity contribution in [1.82, 2.24) is 10.2 Å². The fourth-order valence-corrected chi connectivity index (χ4v) is 2.41. The predicted octanol–water partition coefficient (Wildman–Crippen LogP) is 0.767. The van der Waals surface area contributed by atoms with Gasteiger partial charge in [-0.25, -0.2) is 0 Å². The Hall–Kier alpha value is -0.610. The molecule has 0 aromatic rings. The zero-order valence-corrected chi connectivity index (χ0v) is 9.91. The van der Waals surface area contributed by atoms with Gasteiger partial charge in [0.15, 0.2) is 0 Å². The number of rotatable bonds is 4. The Kier molecular flexibility index (Phi) is 4.60. The molecule has 1 amide bonds. The van der Waals surface area contributed by atoms with Gasteiger partial charge >= 0.3 is 0 Å². The molecule has 92 valence electrons. The highest BCUT2D eigenvalue weighted by atomic mass is 16.5. The van der Waals surface area contributed by atoms with E-state index in [2.05, 4.69) is 10.2 Å². The quantitative estimate of drug-likeness (QED) is 0.770. The van der Waals surface area contributed by atoms with Crippen LogP contribution in [0.15, 0.2) is 0 Å². The zero-order chi connectivity index (χ0) is 11.2. The molecule has 0 unspecified atom stereocenters. The van der Waals surface area contributed by atoms with Crippen molar-refractivity contribution in [2.45, 2.75) is 38.2 Å². The maximum absolute atomic E-state index is 11.7. The molecule has 16 heavy (non-hydrogen) atoms. The van der Waals surface area contributed by atoms with Crippen LogP contribution in [0.1, 0.15) is 32.1 Å². The van der Waals surface area contributed by atoms with E-state index in [9.17, 15) is 4.79 Å². The van der Waals surface area contributed by atoms with Crippen molar-refractivity contribution < 1.29 is 9.53 Å². The molecule has 0 radical (unpaired) electrons. The Morgan fingerprint density at radius 1 is 1.25 bits per heavy atom. The van der Waals surface area contributed by atoms with Crippen molar-refractivity contribution >= 4 is 5.91 Å². The van der Waals surface area contributed by atoms with E-state index in [-0.39, 0.29) is 12.0 Å². The van der Waals surface area contributed by atoms with Crippen LogP contribution in [0.2, 0.25) is 0 Å². The van der Waals surface area contributed by atoms with Crippen LogP contribution in [0.3, 0.4) is 0 Å². The van der Waals surface area contributed by atoms with Gasteiger partial charge < -0.3 is 10.1 Å². The number of likely N-dealkylation sites (tertiary alicyclic amines) is 1. The lowest BCUT2D eigenvalue weighted by Crippen LogP contribution is -2.41. The molecule has 2 aliphatic rings. The number of carbonyl (C=O) groups is 1. The van der Waals surface area contributed by atoms with Gasteiger partial charge in [0.25, 0.3) is 0 Å². The summed E-state index contributed by atoms with van der Waals surface area (Å²) in [4.78, 5) is 13.9. The molecule has 0 aromatic carbocycles. The minimum atomic E-state index is 0.150. The summed E-state index contributed by atoms with van der Waals surface area (Å²) in [5.41, 5.74) is 0. The van der Waals surface area contributed by atoms with Crippen LogP contribution in [0, 0.1) is 0 Å². The molecule has 2 rings (SSSR count). The maximum Gasteiger partial charge on any atom is 0.234 e. The molecule has 2 aliphatic heterocycles. The molecule has 2 fully saturated rings. The van der Waals surface area contributed by atoms with Gasteiger partial charge in [-0.3, -0.25) is 9.69 Å². The Balaban J connectivity index is 1.59. The highest BCUT2D eigenvalue weighted by molar-refractivity contribution is 5.78. The summed E-state index contributed by atoms with van der Waals surface area (Å²) in [6.07, 6.45) is 6.26. The molecule has 0 aromatic heterocycles. The normalized spacial score (nSPS) is 26.9. The molecule has 0 aliphatic carbocycles. The molecule has 1 N–H and O–H groups in total. The lowest BCUT2D eigenvalue weighted by molar-refractivity contribution is -0.122. The van der Waals surface area contributed by atoms with Crippen molar-refractivity contribution in [2.24, 2.45) is 0 Å². The van der Waals surface area contributed by atoms with E-state index in [1.54, 1.807) is 0 Å². The van der Waals surface area contributed by atoms with Gasteiger partial charge in [0.05, 0.1) is 12.6 Å². The number of ether oxygens (including phenoxy) is 1. The first-order chi connectivity index (χ1) is 7.84. The van der Waals surface area contributed by atoms with Crippen molar-refractivity contribution in [1.29, 1.82) is 0 Å². The fourth-order valence-electron chi connectivity index (χ4n) is 2.41. The van der Waals surface area contributed by atoms with Gasteiger partial charge in [0, 0.05) is 13.2 Å². The van der Waals surface area contributed by atoms with E-state index in [0.717, 1.165) is 32.5 Å². The molecule has 4 nitrogen and oxygen atoms in total. The molecule has 4 heteroatoms. The lowest BCUT2D eigenvalue weighted by atomic mass is 10.1. The van der Waals surface area contributed by atoms with E-state index >= 15 is 0 Å². The number of piperidine rings is 1. The summed E-state index contributed by atoms with van der Waals surface area (Å²) in [7, 11) is 0. The van der Waals surface area contributed by atoms with Crippen LogP contribution in [0.5, 0.6) is 0 Å². The van der Waals surface area contributed by atoms with E-state index in [1.807, 2.05) is 0 Å². The summed E-state index contributed by atoms with van der Waals surface area (Å²) < 4.78 is 5.46. The van der Waals surface area contributed by atoms with E-state index in [0.29, 0.717) is 13.1 Å². The summed E-state index contributed by atoms with van der Waals surface area (Å²) in [5.74, 6) is 0.150. The first kappa shape index (κ1) is 11.9. The largest absolute Gasteiger partial charge is 0.376 e. The molecule has 0 bridgehead atoms. The van der Waals surface area contributed by atoms with Crippen LogP contribution in [0.25, 0.3) is 0 Å². The van der Waals surface area contributed by atoms with Gasteiger partial charge in [-0.1, -0.05) is 6.42 Å². The summed E-state index contributed by atoms with van der Waals surface area (Å²) in [6.45, 7) is 4.26. The van der Waals surface area contributed by atoms with Crippen LogP contribution in [-0.4, -0.2) is 49.7 Å². The molecular weight excluding hydrogens is 204 g/mol. The van der Waals surface area contributed by atoms with Gasteiger partial charge in [0.1, 0.15) is 0 Å². The maximum atomic E-state index is 11.7. The molecular formula is C12H22N2O2. The van der Waals surface area contributed by atoms with Crippen molar-refractivity contribution in [3.63, 3.8) is 0 Å². The average Bonchev–Trinajstić information content (AvgIpc) is 2.81. The predicted molar refractivity (Wildman–Crippen MR) is 62.3 cm³/mol. The van der Waals surface area contributed by atoms with Crippen molar-refractivity contribution in [3.05, 3.63) is 0 Å².